The van der Waals surface area contributed by atoms with Gasteiger partial charge >= 0.3 is 43.8 Å². The van der Waals surface area contributed by atoms with Crippen molar-refractivity contribution in [1.29, 1.82) is 0 Å². The van der Waals surface area contributed by atoms with Crippen molar-refractivity contribution in [3.63, 3.8) is 0 Å². The summed E-state index contributed by atoms with van der Waals surface area (Å²) in [6.07, 6.45) is -2.15. The second-order valence-corrected chi connectivity index (χ2v) is 7.66. The summed E-state index contributed by atoms with van der Waals surface area (Å²) in [7, 11) is -4.32. The van der Waals surface area contributed by atoms with Crippen molar-refractivity contribution < 1.29 is 66.6 Å². The molecule has 0 fully saturated rings. The first-order chi connectivity index (χ1) is 12.9. The van der Waals surface area contributed by atoms with Crippen LogP contribution >= 0.6 is 7.52 Å². The van der Waals surface area contributed by atoms with E-state index in [9.17, 15) is 24.2 Å². The van der Waals surface area contributed by atoms with Crippen molar-refractivity contribution in [2.45, 2.75) is 19.1 Å². The van der Waals surface area contributed by atoms with E-state index in [1.54, 1.807) is 54.6 Å². The zero-order valence-electron chi connectivity index (χ0n) is 16.4. The number of rotatable bonds is 9. The van der Waals surface area contributed by atoms with E-state index >= 15 is 0 Å². The van der Waals surface area contributed by atoms with E-state index in [1.807, 2.05) is 6.07 Å². The van der Waals surface area contributed by atoms with Crippen molar-refractivity contribution in [3.8, 4) is 0 Å². The van der Waals surface area contributed by atoms with Crippen LogP contribution in [-0.4, -0.2) is 18.3 Å². The maximum absolute atomic E-state index is 12.2. The van der Waals surface area contributed by atoms with Gasteiger partial charge in [0.1, 0.15) is 6.61 Å². The summed E-state index contributed by atoms with van der Waals surface area (Å²) in [5.74, 6) is -1.40. The Kier molecular flexibility index (Phi) is 13.0. The number of hydrogen-bond donors (Lipinski definition) is 2. The average Bonchev–Trinajstić information content (AvgIpc) is 2.65. The minimum absolute atomic E-state index is 0. The van der Waals surface area contributed by atoms with Crippen LogP contribution in [0.3, 0.4) is 0 Å². The number of hydrogen-bond acceptors (Lipinski definition) is 6. The van der Waals surface area contributed by atoms with Gasteiger partial charge in [-0.1, -0.05) is 60.7 Å². The third-order valence-corrected chi connectivity index (χ3v) is 4.85. The number of carboxylic acid groups (broad SMARTS) is 1. The minimum atomic E-state index is -4.32. The van der Waals surface area contributed by atoms with Gasteiger partial charge in [-0.25, -0.2) is 4.79 Å². The molecule has 0 aromatic heterocycles. The molecule has 8 nitrogen and oxygen atoms in total. The van der Waals surface area contributed by atoms with Gasteiger partial charge in [0.25, 0.3) is 0 Å². The third kappa shape index (κ3) is 10.7. The monoisotopic (exact) mass is 404 g/mol. The molecule has 2 unspecified atom stereocenters. The second-order valence-electron chi connectivity index (χ2n) is 5.74. The maximum atomic E-state index is 12.2. The van der Waals surface area contributed by atoms with Crippen LogP contribution in [0.15, 0.2) is 60.7 Å². The first-order valence-electron chi connectivity index (χ1n) is 8.13. The molecule has 0 saturated heterocycles. The Morgan fingerprint density at radius 1 is 1.00 bits per heavy atom. The quantitative estimate of drug-likeness (QED) is 0.316. The molecule has 11 heteroatoms. The van der Waals surface area contributed by atoms with Gasteiger partial charge in [-0.2, -0.15) is 0 Å². The van der Waals surface area contributed by atoms with Gasteiger partial charge in [0, 0.05) is 18.4 Å². The predicted octanol–water partition coefficient (Wildman–Crippen LogP) is -5.10. The molecule has 2 aromatic carbocycles. The number of benzene rings is 2. The van der Waals surface area contributed by atoms with E-state index in [1.165, 1.54) is 0 Å². The van der Waals surface area contributed by atoms with Gasteiger partial charge < -0.3 is 29.4 Å². The molecule has 144 valence electrons. The van der Waals surface area contributed by atoms with Crippen molar-refractivity contribution in [1.82, 2.24) is 10.4 Å². The molecule has 2 rings (SSSR count). The van der Waals surface area contributed by atoms with Gasteiger partial charge in [0.2, 0.25) is 0 Å². The van der Waals surface area contributed by atoms with Gasteiger partial charge in [0.05, 0.1) is 13.8 Å². The number of aliphatic carboxylic acids is 1. The fourth-order valence-electron chi connectivity index (χ4n) is 2.32. The first-order valence-corrected chi connectivity index (χ1v) is 9.94. The smallest absolute Gasteiger partial charge is 0.787 e. The summed E-state index contributed by atoms with van der Waals surface area (Å²) >= 11 is 0. The van der Waals surface area contributed by atoms with E-state index in [0.717, 1.165) is 5.56 Å². The molecular formula is C18H19Li2N2O6P. The topological polar surface area (TPSA) is 131 Å². The van der Waals surface area contributed by atoms with Crippen LogP contribution in [0.25, 0.3) is 0 Å². The van der Waals surface area contributed by atoms with Crippen LogP contribution in [-0.2, 0) is 20.7 Å². The molecule has 0 aliphatic carbocycles. The summed E-state index contributed by atoms with van der Waals surface area (Å²) in [5.41, 5.74) is 1.23. The van der Waals surface area contributed by atoms with E-state index < -0.39 is 38.3 Å². The van der Waals surface area contributed by atoms with Crippen LogP contribution < -0.4 is 58.1 Å². The van der Waals surface area contributed by atoms with Crippen molar-refractivity contribution >= 4 is 19.6 Å². The number of carboxylic acids is 1. The van der Waals surface area contributed by atoms with Crippen molar-refractivity contribution in [2.24, 2.45) is 0 Å². The molecule has 2 atom stereocenters. The normalized spacial score (nSPS) is 13.0. The Bertz CT molecular complexity index is 811. The Hall–Kier alpha value is -1.48. The molecule has 2 aromatic rings. The van der Waals surface area contributed by atoms with Gasteiger partial charge in [-0.15, -0.1) is 0 Å². The summed E-state index contributed by atoms with van der Waals surface area (Å²) < 4.78 is 17.1. The van der Waals surface area contributed by atoms with Crippen LogP contribution in [0.2, 0.25) is 0 Å². The number of nitrogens with one attached hydrogen (secondary N) is 2. The van der Waals surface area contributed by atoms with Gasteiger partial charge in [-0.05, 0) is 11.1 Å². The van der Waals surface area contributed by atoms with E-state index in [-0.39, 0.29) is 44.3 Å². The number of carbonyl (C=O) groups excluding carboxylic acids is 2. The number of amides is 1. The minimum Gasteiger partial charge on any atom is -0.787 e. The molecule has 0 bridgehead atoms. The predicted molar refractivity (Wildman–Crippen MR) is 94.2 cm³/mol. The molecule has 0 heterocycles. The SMILES string of the molecule is O=C([O-])CC(NP(=O)([O-])CNC(=O)OCc1ccccc1)c1ccccc1.[Li+].[Li+]. The number of ether oxygens (including phenoxy) is 1. The summed E-state index contributed by atoms with van der Waals surface area (Å²) in [6, 6.07) is 16.2. The Morgan fingerprint density at radius 3 is 2.10 bits per heavy atom. The zero-order valence-corrected chi connectivity index (χ0v) is 17.3. The third-order valence-electron chi connectivity index (χ3n) is 3.57. The van der Waals surface area contributed by atoms with Crippen LogP contribution in [0.4, 0.5) is 4.79 Å². The van der Waals surface area contributed by atoms with Gasteiger partial charge in [-0.3, -0.25) is 5.09 Å². The molecule has 0 aliphatic rings. The summed E-state index contributed by atoms with van der Waals surface area (Å²) in [4.78, 5) is 34.8. The molecular weight excluding hydrogens is 385 g/mol. The van der Waals surface area contributed by atoms with E-state index in [4.69, 9.17) is 4.74 Å². The molecule has 1 amide bonds. The fraction of sp³-hybridized carbons (Fsp3) is 0.222. The number of carbonyl (C=O) groups is 2. The molecule has 0 saturated carbocycles. The van der Waals surface area contributed by atoms with Crippen molar-refractivity contribution in [3.05, 3.63) is 71.8 Å². The van der Waals surface area contributed by atoms with Crippen LogP contribution in [0, 0.1) is 0 Å². The van der Waals surface area contributed by atoms with Crippen LogP contribution in [0.1, 0.15) is 23.6 Å². The molecule has 0 spiro atoms. The van der Waals surface area contributed by atoms with E-state index in [0.29, 0.717) is 5.56 Å². The fourth-order valence-corrected chi connectivity index (χ4v) is 3.46. The van der Waals surface area contributed by atoms with Gasteiger partial charge in [0.15, 0.2) is 0 Å². The molecule has 0 aliphatic heterocycles. The number of alkyl carbamates (subject to hydrolysis) is 1. The van der Waals surface area contributed by atoms with Crippen LogP contribution in [0.5, 0.6) is 0 Å². The summed E-state index contributed by atoms with van der Waals surface area (Å²) in [5, 5.41) is 15.3. The largest absolute Gasteiger partial charge is 1.00 e. The van der Waals surface area contributed by atoms with E-state index in [2.05, 4.69) is 10.4 Å². The first kappa shape index (κ1) is 27.5. The Labute approximate surface area is 193 Å². The Balaban J connectivity index is 0.00000392. The molecule has 29 heavy (non-hydrogen) atoms. The molecule has 0 radical (unpaired) electrons. The standard InChI is InChI=1S/C18H21N2O6P.2Li/c21-17(22)11-16(15-9-5-2-6-10-15)20-27(24,25)13-19-18(23)26-12-14-7-3-1-4-8-14;;/h1-10,16H,11-13H2,(H,19,23)(H,21,22)(H2,20,24,25);;/q;2*+1/p-2. The van der Waals surface area contributed by atoms with Crippen molar-refractivity contribution in [2.75, 3.05) is 6.29 Å². The zero-order chi connectivity index (χ0) is 19.7. The summed E-state index contributed by atoms with van der Waals surface area (Å²) in [6.45, 7) is 0.000580. The average molecular weight is 404 g/mol. The Morgan fingerprint density at radius 2 is 1.55 bits per heavy atom. The second kappa shape index (κ2) is 13.7. The maximum Gasteiger partial charge on any atom is 1.00 e. The molecule has 2 N–H and O–H groups in total.